The van der Waals surface area contributed by atoms with E-state index in [4.69, 9.17) is 4.74 Å². The first kappa shape index (κ1) is 14.6. The van der Waals surface area contributed by atoms with Crippen molar-refractivity contribution >= 4 is 10.8 Å². The van der Waals surface area contributed by atoms with Crippen molar-refractivity contribution in [2.24, 2.45) is 0 Å². The van der Waals surface area contributed by atoms with Crippen LogP contribution in [0.5, 0.6) is 11.5 Å². The molecule has 1 aromatic heterocycles. The predicted molar refractivity (Wildman–Crippen MR) is 91.7 cm³/mol. The molecule has 0 saturated carbocycles. The number of benzene rings is 2. The van der Waals surface area contributed by atoms with E-state index < -0.39 is 0 Å². The molecule has 2 aromatic carbocycles. The highest BCUT2D eigenvalue weighted by Gasteiger charge is 2.18. The maximum Gasteiger partial charge on any atom is 0.135 e. The second-order valence-electron chi connectivity index (χ2n) is 6.64. The fraction of sp³-hybridized carbons (Fsp3) is 0.250. The monoisotopic (exact) mass is 291 g/mol. The molecule has 0 fully saturated rings. The van der Waals surface area contributed by atoms with Gasteiger partial charge in [-0.25, -0.2) is 0 Å². The molecule has 3 rings (SSSR count). The summed E-state index contributed by atoms with van der Waals surface area (Å²) in [6.45, 7) is 8.68. The molecule has 0 spiro atoms. The van der Waals surface area contributed by atoms with Crippen LogP contribution >= 0.6 is 0 Å². The molecule has 3 aromatic rings. The maximum atomic E-state index is 6.10. The van der Waals surface area contributed by atoms with Gasteiger partial charge in [-0.3, -0.25) is 4.98 Å². The molecular weight excluding hydrogens is 270 g/mol. The molecule has 22 heavy (non-hydrogen) atoms. The van der Waals surface area contributed by atoms with Gasteiger partial charge in [0, 0.05) is 23.3 Å². The average molecular weight is 291 g/mol. The van der Waals surface area contributed by atoms with Crippen molar-refractivity contribution in [3.05, 3.63) is 66.0 Å². The van der Waals surface area contributed by atoms with Crippen LogP contribution in [0.3, 0.4) is 0 Å². The van der Waals surface area contributed by atoms with Crippen molar-refractivity contribution in [2.75, 3.05) is 0 Å². The molecule has 0 aliphatic carbocycles. The molecule has 2 heteroatoms. The first-order valence-electron chi connectivity index (χ1n) is 7.58. The second-order valence-corrected chi connectivity index (χ2v) is 6.64. The summed E-state index contributed by atoms with van der Waals surface area (Å²) in [5.74, 6) is 1.70. The van der Waals surface area contributed by atoms with E-state index in [0.29, 0.717) is 0 Å². The molecule has 0 bridgehead atoms. The molecule has 0 radical (unpaired) electrons. The lowest BCUT2D eigenvalue weighted by Gasteiger charge is -2.22. The van der Waals surface area contributed by atoms with Gasteiger partial charge in [0.25, 0.3) is 0 Å². The van der Waals surface area contributed by atoms with Crippen molar-refractivity contribution in [3.63, 3.8) is 0 Å². The lowest BCUT2D eigenvalue weighted by Crippen LogP contribution is -2.11. The van der Waals surface area contributed by atoms with Crippen LogP contribution in [0.1, 0.15) is 32.0 Å². The number of aromatic nitrogens is 1. The van der Waals surface area contributed by atoms with Crippen molar-refractivity contribution in [1.29, 1.82) is 0 Å². The van der Waals surface area contributed by atoms with Gasteiger partial charge in [-0.15, -0.1) is 0 Å². The Hall–Kier alpha value is -2.35. The van der Waals surface area contributed by atoms with Crippen molar-refractivity contribution < 1.29 is 4.74 Å². The van der Waals surface area contributed by atoms with Gasteiger partial charge in [0.15, 0.2) is 0 Å². The fourth-order valence-corrected chi connectivity index (χ4v) is 2.72. The Balaban J connectivity index is 2.12. The van der Waals surface area contributed by atoms with Gasteiger partial charge < -0.3 is 4.74 Å². The number of hydrogen-bond donors (Lipinski definition) is 0. The fourth-order valence-electron chi connectivity index (χ4n) is 2.72. The smallest absolute Gasteiger partial charge is 0.135 e. The van der Waals surface area contributed by atoms with Crippen LogP contribution in [-0.4, -0.2) is 4.98 Å². The third-order valence-electron chi connectivity index (χ3n) is 3.79. The van der Waals surface area contributed by atoms with Crippen LogP contribution in [0.25, 0.3) is 10.8 Å². The third kappa shape index (κ3) is 2.82. The van der Waals surface area contributed by atoms with E-state index in [1.165, 1.54) is 10.9 Å². The molecule has 0 unspecified atom stereocenters. The predicted octanol–water partition coefficient (Wildman–Crippen LogP) is 5.63. The summed E-state index contributed by atoms with van der Waals surface area (Å²) in [4.78, 5) is 4.21. The topological polar surface area (TPSA) is 22.1 Å². The molecule has 0 aliphatic rings. The Morgan fingerprint density at radius 1 is 0.909 bits per heavy atom. The Morgan fingerprint density at radius 3 is 2.32 bits per heavy atom. The Kier molecular flexibility index (Phi) is 3.61. The number of ether oxygens (including phenoxy) is 1. The minimum Gasteiger partial charge on any atom is -0.457 e. The zero-order valence-corrected chi connectivity index (χ0v) is 13.6. The van der Waals surface area contributed by atoms with Crippen molar-refractivity contribution in [1.82, 2.24) is 4.98 Å². The van der Waals surface area contributed by atoms with E-state index in [9.17, 15) is 0 Å². The first-order valence-corrected chi connectivity index (χ1v) is 7.58. The standard InChI is InChI=1S/C20H21NO/c1-14-13-15(11-12-21-14)22-19-10-9-18(20(2,3)4)16-7-5-6-8-17(16)19/h5-13H,1-4H3. The summed E-state index contributed by atoms with van der Waals surface area (Å²) in [5, 5.41) is 2.39. The Labute approximate surface area is 131 Å². The third-order valence-corrected chi connectivity index (χ3v) is 3.79. The summed E-state index contributed by atoms with van der Waals surface area (Å²) in [7, 11) is 0. The van der Waals surface area contributed by atoms with Crippen LogP contribution < -0.4 is 4.74 Å². The molecule has 1 heterocycles. The largest absolute Gasteiger partial charge is 0.457 e. The number of pyridine rings is 1. The second kappa shape index (κ2) is 5.45. The van der Waals surface area contributed by atoms with Gasteiger partial charge in [-0.2, -0.15) is 0 Å². The summed E-state index contributed by atoms with van der Waals surface area (Å²) in [6, 6.07) is 16.5. The van der Waals surface area contributed by atoms with Crippen LogP contribution in [-0.2, 0) is 5.41 Å². The minimum atomic E-state index is 0.103. The minimum absolute atomic E-state index is 0.103. The van der Waals surface area contributed by atoms with Gasteiger partial charge in [0.2, 0.25) is 0 Å². The van der Waals surface area contributed by atoms with E-state index >= 15 is 0 Å². The summed E-state index contributed by atoms with van der Waals surface area (Å²) in [6.07, 6.45) is 1.77. The number of nitrogens with zero attached hydrogens (tertiary/aromatic N) is 1. The van der Waals surface area contributed by atoms with Crippen LogP contribution in [0, 0.1) is 6.92 Å². The van der Waals surface area contributed by atoms with E-state index in [1.807, 2.05) is 19.1 Å². The van der Waals surface area contributed by atoms with Gasteiger partial charge in [-0.1, -0.05) is 51.1 Å². The zero-order chi connectivity index (χ0) is 15.7. The number of rotatable bonds is 2. The van der Waals surface area contributed by atoms with E-state index in [0.717, 1.165) is 22.6 Å². The van der Waals surface area contributed by atoms with Gasteiger partial charge in [0.1, 0.15) is 11.5 Å². The summed E-state index contributed by atoms with van der Waals surface area (Å²) >= 11 is 0. The molecule has 0 saturated heterocycles. The zero-order valence-electron chi connectivity index (χ0n) is 13.6. The highest BCUT2D eigenvalue weighted by atomic mass is 16.5. The first-order chi connectivity index (χ1) is 10.4. The van der Waals surface area contributed by atoms with Gasteiger partial charge in [-0.05, 0) is 35.4 Å². The lowest BCUT2D eigenvalue weighted by molar-refractivity contribution is 0.486. The van der Waals surface area contributed by atoms with Crippen LogP contribution in [0.15, 0.2) is 54.7 Å². The lowest BCUT2D eigenvalue weighted by atomic mass is 9.83. The average Bonchev–Trinajstić information content (AvgIpc) is 2.46. The maximum absolute atomic E-state index is 6.10. The van der Waals surface area contributed by atoms with Crippen molar-refractivity contribution in [3.8, 4) is 11.5 Å². The van der Waals surface area contributed by atoms with E-state index in [1.54, 1.807) is 6.20 Å². The SMILES string of the molecule is Cc1cc(Oc2ccc(C(C)(C)C)c3ccccc23)ccn1. The molecule has 0 aliphatic heterocycles. The summed E-state index contributed by atoms with van der Waals surface area (Å²) in [5.41, 5.74) is 2.39. The molecule has 0 N–H and O–H groups in total. The van der Waals surface area contributed by atoms with Crippen molar-refractivity contribution in [2.45, 2.75) is 33.1 Å². The normalized spacial score (nSPS) is 11.6. The number of aryl methyl sites for hydroxylation is 1. The molecule has 0 amide bonds. The Bertz CT molecular complexity index is 815. The molecule has 2 nitrogen and oxygen atoms in total. The summed E-state index contributed by atoms with van der Waals surface area (Å²) < 4.78 is 6.10. The molecule has 112 valence electrons. The van der Waals surface area contributed by atoms with Crippen LogP contribution in [0.4, 0.5) is 0 Å². The van der Waals surface area contributed by atoms with E-state index in [-0.39, 0.29) is 5.41 Å². The van der Waals surface area contributed by atoms with Gasteiger partial charge in [0.05, 0.1) is 0 Å². The molecular formula is C20H21NO. The number of hydrogen-bond acceptors (Lipinski definition) is 2. The highest BCUT2D eigenvalue weighted by molar-refractivity contribution is 5.92. The quantitative estimate of drug-likeness (QED) is 0.610. The van der Waals surface area contributed by atoms with Crippen LogP contribution in [0.2, 0.25) is 0 Å². The number of fused-ring (bicyclic) bond motifs is 1. The van der Waals surface area contributed by atoms with E-state index in [2.05, 4.69) is 62.2 Å². The highest BCUT2D eigenvalue weighted by Crippen LogP contribution is 2.36. The van der Waals surface area contributed by atoms with Gasteiger partial charge >= 0.3 is 0 Å². The Morgan fingerprint density at radius 2 is 1.64 bits per heavy atom. The molecule has 0 atom stereocenters.